The lowest BCUT2D eigenvalue weighted by atomic mass is 10.1. The number of hydrogen-bond donors (Lipinski definition) is 1. The smallest absolute Gasteiger partial charge is 0.418 e. The molecule has 4 nitrogen and oxygen atoms in total. The Bertz CT molecular complexity index is 443. The van der Waals surface area contributed by atoms with Gasteiger partial charge in [0.1, 0.15) is 5.75 Å². The zero-order valence-corrected chi connectivity index (χ0v) is 9.09. The van der Waals surface area contributed by atoms with Gasteiger partial charge in [-0.2, -0.15) is 13.2 Å². The summed E-state index contributed by atoms with van der Waals surface area (Å²) in [6.45, 7) is 0. The number of anilines is 1. The van der Waals surface area contributed by atoms with Crippen LogP contribution in [0.15, 0.2) is 12.1 Å². The van der Waals surface area contributed by atoms with Gasteiger partial charge in [-0.1, -0.05) is 0 Å². The molecule has 1 aromatic carbocycles. The number of nitrogen functional groups attached to an aromatic ring is 1. The monoisotopic (exact) mass is 249 g/mol. The third-order valence-corrected chi connectivity index (χ3v) is 2.09. The maximum absolute atomic E-state index is 12.6. The Hall–Kier alpha value is -1.92. The van der Waals surface area contributed by atoms with Crippen molar-refractivity contribution in [2.45, 2.75) is 6.18 Å². The summed E-state index contributed by atoms with van der Waals surface area (Å²) in [6.07, 6.45) is -4.67. The van der Waals surface area contributed by atoms with Crippen LogP contribution in [0, 0.1) is 0 Å². The second-order valence-corrected chi connectivity index (χ2v) is 3.13. The van der Waals surface area contributed by atoms with E-state index in [2.05, 4.69) is 9.47 Å². The van der Waals surface area contributed by atoms with E-state index in [-0.39, 0.29) is 11.3 Å². The Morgan fingerprint density at radius 1 is 1.29 bits per heavy atom. The van der Waals surface area contributed by atoms with Crippen molar-refractivity contribution in [1.29, 1.82) is 0 Å². The number of hydrogen-bond acceptors (Lipinski definition) is 4. The summed E-state index contributed by atoms with van der Waals surface area (Å²) >= 11 is 0. The van der Waals surface area contributed by atoms with E-state index in [9.17, 15) is 18.0 Å². The molecule has 0 aromatic heterocycles. The molecule has 0 aliphatic carbocycles. The molecular weight excluding hydrogens is 239 g/mol. The molecule has 0 aliphatic heterocycles. The third-order valence-electron chi connectivity index (χ3n) is 2.09. The maximum Gasteiger partial charge on any atom is 0.418 e. The normalized spacial score (nSPS) is 11.1. The lowest BCUT2D eigenvalue weighted by Crippen LogP contribution is -2.13. The van der Waals surface area contributed by atoms with Crippen LogP contribution in [0.4, 0.5) is 18.9 Å². The van der Waals surface area contributed by atoms with Crippen molar-refractivity contribution in [3.8, 4) is 5.75 Å². The average molecular weight is 249 g/mol. The van der Waals surface area contributed by atoms with Gasteiger partial charge in [-0.05, 0) is 12.1 Å². The number of nitrogens with two attached hydrogens (primary N) is 1. The minimum absolute atomic E-state index is 0.222. The summed E-state index contributed by atoms with van der Waals surface area (Å²) in [5.74, 6) is -1.12. The van der Waals surface area contributed by atoms with E-state index in [1.165, 1.54) is 0 Å². The molecule has 1 rings (SSSR count). The fourth-order valence-electron chi connectivity index (χ4n) is 1.27. The van der Waals surface area contributed by atoms with Crippen LogP contribution in [0.1, 0.15) is 15.9 Å². The zero-order chi connectivity index (χ0) is 13.2. The van der Waals surface area contributed by atoms with E-state index < -0.39 is 23.4 Å². The number of carbonyl (C=O) groups is 1. The van der Waals surface area contributed by atoms with Crippen LogP contribution in [-0.4, -0.2) is 20.2 Å². The number of carbonyl (C=O) groups excluding carboxylic acids is 1. The number of halogens is 3. The van der Waals surface area contributed by atoms with E-state index in [0.717, 1.165) is 20.3 Å². The molecule has 0 unspecified atom stereocenters. The number of benzene rings is 1. The van der Waals surface area contributed by atoms with Crippen molar-refractivity contribution in [1.82, 2.24) is 0 Å². The fourth-order valence-corrected chi connectivity index (χ4v) is 1.27. The molecule has 0 saturated carbocycles. The van der Waals surface area contributed by atoms with Crippen LogP contribution in [0.5, 0.6) is 5.75 Å². The topological polar surface area (TPSA) is 61.5 Å². The van der Waals surface area contributed by atoms with Crippen LogP contribution < -0.4 is 10.5 Å². The molecule has 0 bridgehead atoms. The highest BCUT2D eigenvalue weighted by Gasteiger charge is 2.35. The predicted octanol–water partition coefficient (Wildman–Crippen LogP) is 2.08. The molecule has 7 heteroatoms. The first-order chi connectivity index (χ1) is 7.81. The molecule has 0 fully saturated rings. The quantitative estimate of drug-likeness (QED) is 0.644. The largest absolute Gasteiger partial charge is 0.495 e. The summed E-state index contributed by atoms with van der Waals surface area (Å²) in [5.41, 5.74) is 3.33. The molecule has 0 amide bonds. The molecule has 0 spiro atoms. The van der Waals surface area contributed by atoms with Gasteiger partial charge < -0.3 is 15.2 Å². The molecule has 2 N–H and O–H groups in total. The zero-order valence-electron chi connectivity index (χ0n) is 9.09. The first kappa shape index (κ1) is 13.1. The van der Waals surface area contributed by atoms with Gasteiger partial charge in [0, 0.05) is 0 Å². The van der Waals surface area contributed by atoms with Gasteiger partial charge in [-0.25, -0.2) is 4.79 Å². The Morgan fingerprint density at radius 2 is 1.88 bits per heavy atom. The summed E-state index contributed by atoms with van der Waals surface area (Å²) in [5, 5.41) is 0. The van der Waals surface area contributed by atoms with Crippen molar-refractivity contribution in [3.05, 3.63) is 23.3 Å². The summed E-state index contributed by atoms with van der Waals surface area (Å²) in [6, 6.07) is 1.72. The van der Waals surface area contributed by atoms with Crippen molar-refractivity contribution < 1.29 is 27.4 Å². The standard InChI is InChI=1S/C10H10F3NO3/c1-16-7-4-5(9(15)17-2)3-6(8(7)14)10(11,12)13/h3-4H,14H2,1-2H3. The summed E-state index contributed by atoms with van der Waals surface area (Å²) < 4.78 is 46.9. The van der Waals surface area contributed by atoms with Gasteiger partial charge in [0.2, 0.25) is 0 Å². The third kappa shape index (κ3) is 2.61. The number of methoxy groups -OCH3 is 2. The van der Waals surface area contributed by atoms with Crippen LogP contribution in [0.3, 0.4) is 0 Å². The van der Waals surface area contributed by atoms with Crippen LogP contribution in [0.25, 0.3) is 0 Å². The summed E-state index contributed by atoms with van der Waals surface area (Å²) in [7, 11) is 2.23. The predicted molar refractivity (Wildman–Crippen MR) is 53.7 cm³/mol. The van der Waals surface area contributed by atoms with Gasteiger partial charge >= 0.3 is 12.1 Å². The Balaban J connectivity index is 3.44. The van der Waals surface area contributed by atoms with E-state index in [0.29, 0.717) is 6.07 Å². The van der Waals surface area contributed by atoms with E-state index in [1.807, 2.05) is 0 Å². The lowest BCUT2D eigenvalue weighted by molar-refractivity contribution is -0.137. The number of alkyl halides is 3. The van der Waals surface area contributed by atoms with E-state index in [4.69, 9.17) is 5.73 Å². The molecule has 0 heterocycles. The Labute approximate surface area is 95.1 Å². The fraction of sp³-hybridized carbons (Fsp3) is 0.300. The van der Waals surface area contributed by atoms with E-state index in [1.54, 1.807) is 0 Å². The SMILES string of the molecule is COC(=O)c1cc(OC)c(N)c(C(F)(F)F)c1. The van der Waals surface area contributed by atoms with Crippen LogP contribution in [-0.2, 0) is 10.9 Å². The minimum atomic E-state index is -4.67. The highest BCUT2D eigenvalue weighted by molar-refractivity contribution is 5.91. The first-order valence-corrected chi connectivity index (χ1v) is 4.44. The molecule has 17 heavy (non-hydrogen) atoms. The summed E-state index contributed by atoms with van der Waals surface area (Å²) in [4.78, 5) is 11.2. The first-order valence-electron chi connectivity index (χ1n) is 4.44. The molecule has 0 aliphatic rings. The molecule has 0 radical (unpaired) electrons. The second kappa shape index (κ2) is 4.52. The van der Waals surface area contributed by atoms with Gasteiger partial charge in [0.05, 0.1) is 31.0 Å². The van der Waals surface area contributed by atoms with Crippen molar-refractivity contribution in [2.24, 2.45) is 0 Å². The second-order valence-electron chi connectivity index (χ2n) is 3.13. The molecule has 0 atom stereocenters. The highest BCUT2D eigenvalue weighted by atomic mass is 19.4. The molecule has 94 valence electrons. The Kier molecular flexibility index (Phi) is 3.50. The number of ether oxygens (including phenoxy) is 2. The van der Waals surface area contributed by atoms with Crippen LogP contribution in [0.2, 0.25) is 0 Å². The van der Waals surface area contributed by atoms with Crippen LogP contribution >= 0.6 is 0 Å². The van der Waals surface area contributed by atoms with Gasteiger partial charge in [0.25, 0.3) is 0 Å². The van der Waals surface area contributed by atoms with Crippen molar-refractivity contribution in [3.63, 3.8) is 0 Å². The van der Waals surface area contributed by atoms with Gasteiger partial charge in [-0.15, -0.1) is 0 Å². The molecule has 0 saturated heterocycles. The molecule has 1 aromatic rings. The van der Waals surface area contributed by atoms with Gasteiger partial charge in [0.15, 0.2) is 0 Å². The highest BCUT2D eigenvalue weighted by Crippen LogP contribution is 2.39. The lowest BCUT2D eigenvalue weighted by Gasteiger charge is -2.14. The number of esters is 1. The number of rotatable bonds is 2. The van der Waals surface area contributed by atoms with Crippen molar-refractivity contribution >= 4 is 11.7 Å². The van der Waals surface area contributed by atoms with Crippen molar-refractivity contribution in [2.75, 3.05) is 20.0 Å². The average Bonchev–Trinajstić information content (AvgIpc) is 2.26. The van der Waals surface area contributed by atoms with Gasteiger partial charge in [-0.3, -0.25) is 0 Å². The molecular formula is C10H10F3NO3. The minimum Gasteiger partial charge on any atom is -0.495 e. The maximum atomic E-state index is 12.6. The Morgan fingerprint density at radius 3 is 2.29 bits per heavy atom. The van der Waals surface area contributed by atoms with E-state index >= 15 is 0 Å².